The molecule has 0 aromatic heterocycles. The van der Waals surface area contributed by atoms with Crippen molar-refractivity contribution in [3.63, 3.8) is 0 Å². The van der Waals surface area contributed by atoms with Crippen LogP contribution in [0.25, 0.3) is 0 Å². The fourth-order valence-corrected chi connectivity index (χ4v) is 1.42. The molecule has 0 amide bonds. The minimum absolute atomic E-state index is 0. The van der Waals surface area contributed by atoms with E-state index < -0.39 is 5.97 Å². The standard InChI is InChI=1S/C7H4Br2O2.K/c8-4-1-2-6(9)5(3-4)7(10)11;/h1-3H,(H,10,11);/q;+1/p-1. The molecule has 1 aromatic carbocycles. The third-order valence-electron chi connectivity index (χ3n) is 1.15. The minimum atomic E-state index is -1.18. The first kappa shape index (κ1) is 13.3. The van der Waals surface area contributed by atoms with Crippen molar-refractivity contribution in [1.82, 2.24) is 0 Å². The van der Waals surface area contributed by atoms with Gasteiger partial charge in [-0.1, -0.05) is 31.9 Å². The average Bonchev–Trinajstić information content (AvgIpc) is 1.94. The molecule has 0 atom stereocenters. The molecular formula is C7H3Br2KO2. The number of hydrogen-bond donors (Lipinski definition) is 0. The van der Waals surface area contributed by atoms with Crippen LogP contribution in [0.1, 0.15) is 10.4 Å². The van der Waals surface area contributed by atoms with Crippen molar-refractivity contribution in [3.05, 3.63) is 32.7 Å². The van der Waals surface area contributed by atoms with E-state index in [2.05, 4.69) is 31.9 Å². The maximum absolute atomic E-state index is 10.4. The molecule has 0 bridgehead atoms. The molecule has 0 radical (unpaired) electrons. The normalized spacial score (nSPS) is 8.83. The Labute approximate surface area is 129 Å². The number of benzene rings is 1. The molecule has 0 aliphatic carbocycles. The summed E-state index contributed by atoms with van der Waals surface area (Å²) in [7, 11) is 0. The van der Waals surface area contributed by atoms with E-state index in [1.54, 1.807) is 12.1 Å². The molecule has 0 unspecified atom stereocenters. The Morgan fingerprint density at radius 3 is 2.33 bits per heavy atom. The summed E-state index contributed by atoms with van der Waals surface area (Å²) in [6.45, 7) is 0. The van der Waals surface area contributed by atoms with Gasteiger partial charge in [0, 0.05) is 14.5 Å². The zero-order valence-corrected chi connectivity index (χ0v) is 12.6. The van der Waals surface area contributed by atoms with E-state index in [0.29, 0.717) is 4.47 Å². The number of carbonyl (C=O) groups excluding carboxylic acids is 1. The van der Waals surface area contributed by atoms with Gasteiger partial charge in [0.2, 0.25) is 0 Å². The van der Waals surface area contributed by atoms with Gasteiger partial charge >= 0.3 is 51.4 Å². The summed E-state index contributed by atoms with van der Waals surface area (Å²) < 4.78 is 1.25. The van der Waals surface area contributed by atoms with Crippen molar-refractivity contribution in [2.24, 2.45) is 0 Å². The average molecular weight is 318 g/mol. The van der Waals surface area contributed by atoms with E-state index in [0.717, 1.165) is 4.47 Å². The zero-order chi connectivity index (χ0) is 8.43. The largest absolute Gasteiger partial charge is 1.00 e. The quantitative estimate of drug-likeness (QED) is 0.597. The SMILES string of the molecule is O=C([O-])c1cc(Br)ccc1Br.[K+]. The molecule has 0 spiro atoms. The Kier molecular flexibility index (Phi) is 6.53. The van der Waals surface area contributed by atoms with Crippen LogP contribution in [-0.2, 0) is 0 Å². The van der Waals surface area contributed by atoms with Crippen molar-refractivity contribution in [1.29, 1.82) is 0 Å². The summed E-state index contributed by atoms with van der Waals surface area (Å²) in [5.41, 5.74) is 0.152. The fourth-order valence-electron chi connectivity index (χ4n) is 0.654. The zero-order valence-electron chi connectivity index (χ0n) is 6.30. The predicted molar refractivity (Wildman–Crippen MR) is 46.2 cm³/mol. The summed E-state index contributed by atoms with van der Waals surface area (Å²) in [6, 6.07) is 4.88. The first-order chi connectivity index (χ1) is 5.11. The van der Waals surface area contributed by atoms with Crippen LogP contribution >= 0.6 is 31.9 Å². The van der Waals surface area contributed by atoms with E-state index in [4.69, 9.17) is 0 Å². The van der Waals surface area contributed by atoms with Gasteiger partial charge in [-0.15, -0.1) is 0 Å². The third-order valence-corrected chi connectivity index (χ3v) is 2.33. The Bertz CT molecular complexity index is 301. The first-order valence-electron chi connectivity index (χ1n) is 2.77. The minimum Gasteiger partial charge on any atom is -0.545 e. The molecule has 0 saturated carbocycles. The molecule has 0 aliphatic heterocycles. The van der Waals surface area contributed by atoms with Crippen molar-refractivity contribution in [2.45, 2.75) is 0 Å². The Morgan fingerprint density at radius 1 is 1.33 bits per heavy atom. The molecule has 0 aliphatic rings. The maximum Gasteiger partial charge on any atom is 1.00 e. The summed E-state index contributed by atoms with van der Waals surface area (Å²) in [4.78, 5) is 10.4. The second kappa shape index (κ2) is 5.90. The number of carbonyl (C=O) groups is 1. The summed E-state index contributed by atoms with van der Waals surface area (Å²) in [5.74, 6) is -1.18. The van der Waals surface area contributed by atoms with E-state index >= 15 is 0 Å². The summed E-state index contributed by atoms with van der Waals surface area (Å²) in [6.07, 6.45) is 0. The number of carboxylic acids is 1. The molecule has 0 N–H and O–H groups in total. The molecule has 1 aromatic rings. The van der Waals surface area contributed by atoms with Gasteiger partial charge in [-0.05, 0) is 18.2 Å². The van der Waals surface area contributed by atoms with E-state index in [1.165, 1.54) is 6.07 Å². The molecule has 1 rings (SSSR count). The van der Waals surface area contributed by atoms with E-state index in [-0.39, 0.29) is 56.9 Å². The van der Waals surface area contributed by atoms with Crippen LogP contribution in [0.15, 0.2) is 27.1 Å². The Morgan fingerprint density at radius 2 is 1.92 bits per heavy atom. The third kappa shape index (κ3) is 3.57. The van der Waals surface area contributed by atoms with Crippen molar-refractivity contribution in [3.8, 4) is 0 Å². The Balaban J connectivity index is 0.00000121. The van der Waals surface area contributed by atoms with Gasteiger partial charge < -0.3 is 9.90 Å². The fraction of sp³-hybridized carbons (Fsp3) is 0. The van der Waals surface area contributed by atoms with Crippen molar-refractivity contribution in [2.75, 3.05) is 0 Å². The first-order valence-corrected chi connectivity index (χ1v) is 4.36. The molecule has 12 heavy (non-hydrogen) atoms. The van der Waals surface area contributed by atoms with Crippen molar-refractivity contribution < 1.29 is 61.3 Å². The molecule has 0 heterocycles. The van der Waals surface area contributed by atoms with Crippen LogP contribution in [0.2, 0.25) is 0 Å². The number of aromatic carboxylic acids is 1. The summed E-state index contributed by atoms with van der Waals surface area (Å²) in [5, 5.41) is 10.4. The van der Waals surface area contributed by atoms with Crippen LogP contribution in [0.3, 0.4) is 0 Å². The van der Waals surface area contributed by atoms with Gasteiger partial charge in [0.1, 0.15) is 0 Å². The molecule has 58 valence electrons. The smallest absolute Gasteiger partial charge is 0.545 e. The summed E-state index contributed by atoms with van der Waals surface area (Å²) >= 11 is 6.24. The number of halogens is 2. The second-order valence-corrected chi connectivity index (χ2v) is 3.68. The van der Waals surface area contributed by atoms with Crippen LogP contribution in [0.5, 0.6) is 0 Å². The van der Waals surface area contributed by atoms with Gasteiger partial charge in [0.15, 0.2) is 0 Å². The number of carboxylic acid groups (broad SMARTS) is 1. The topological polar surface area (TPSA) is 40.1 Å². The molecule has 0 fully saturated rings. The molecule has 0 saturated heterocycles. The monoisotopic (exact) mass is 316 g/mol. The van der Waals surface area contributed by atoms with Crippen LogP contribution in [0, 0.1) is 0 Å². The van der Waals surface area contributed by atoms with E-state index in [1.807, 2.05) is 0 Å². The number of rotatable bonds is 1. The maximum atomic E-state index is 10.4. The van der Waals surface area contributed by atoms with Gasteiger partial charge in [-0.25, -0.2) is 0 Å². The predicted octanol–water partition coefficient (Wildman–Crippen LogP) is -1.42. The van der Waals surface area contributed by atoms with Gasteiger partial charge in [-0.3, -0.25) is 0 Å². The molecular weight excluding hydrogens is 315 g/mol. The molecule has 5 heteroatoms. The van der Waals surface area contributed by atoms with Crippen molar-refractivity contribution >= 4 is 37.8 Å². The Hall–Kier alpha value is 1.29. The van der Waals surface area contributed by atoms with Gasteiger partial charge in [0.25, 0.3) is 0 Å². The van der Waals surface area contributed by atoms with Gasteiger partial charge in [-0.2, -0.15) is 0 Å². The number of hydrogen-bond acceptors (Lipinski definition) is 2. The van der Waals surface area contributed by atoms with E-state index in [9.17, 15) is 9.90 Å². The van der Waals surface area contributed by atoms with Gasteiger partial charge in [0.05, 0.1) is 5.97 Å². The molecule has 2 nitrogen and oxygen atoms in total. The van der Waals surface area contributed by atoms with Crippen LogP contribution in [-0.4, -0.2) is 5.97 Å². The second-order valence-electron chi connectivity index (χ2n) is 1.91. The van der Waals surface area contributed by atoms with Crippen LogP contribution < -0.4 is 56.5 Å². The van der Waals surface area contributed by atoms with Crippen LogP contribution in [0.4, 0.5) is 0 Å².